The summed E-state index contributed by atoms with van der Waals surface area (Å²) in [5, 5.41) is 0.862. The van der Waals surface area contributed by atoms with Gasteiger partial charge in [0, 0.05) is 16.5 Å². The molecule has 4 nitrogen and oxygen atoms in total. The number of carbonyl (C=O) groups is 2. The fourth-order valence-electron chi connectivity index (χ4n) is 2.85. The zero-order valence-electron chi connectivity index (χ0n) is 14.4. The highest BCUT2D eigenvalue weighted by atomic mass is 16.5. The first-order valence-electron chi connectivity index (χ1n) is 8.53. The van der Waals surface area contributed by atoms with E-state index in [0.717, 1.165) is 22.8 Å². The van der Waals surface area contributed by atoms with Crippen molar-refractivity contribution in [2.75, 3.05) is 0 Å². The second-order valence-electron chi connectivity index (χ2n) is 6.16. The summed E-state index contributed by atoms with van der Waals surface area (Å²) in [6.45, 7) is 0.240. The molecule has 4 heteroatoms. The van der Waals surface area contributed by atoms with Crippen molar-refractivity contribution in [3.63, 3.8) is 0 Å². The van der Waals surface area contributed by atoms with Gasteiger partial charge in [0.1, 0.15) is 24.2 Å². The lowest BCUT2D eigenvalue weighted by molar-refractivity contribution is 0.0472. The van der Waals surface area contributed by atoms with Crippen molar-refractivity contribution >= 4 is 23.2 Å². The fraction of sp³-hybridized carbons (Fsp3) is 0.0435. The van der Waals surface area contributed by atoms with Gasteiger partial charge in [0.15, 0.2) is 0 Å². The van der Waals surface area contributed by atoms with Gasteiger partial charge in [0.05, 0.1) is 5.56 Å². The predicted molar refractivity (Wildman–Crippen MR) is 103 cm³/mol. The number of esters is 1. The Morgan fingerprint density at radius 3 is 2.44 bits per heavy atom. The van der Waals surface area contributed by atoms with E-state index in [1.165, 1.54) is 0 Å². The van der Waals surface area contributed by atoms with E-state index in [0.29, 0.717) is 22.5 Å². The number of aldehydes is 1. The Labute approximate surface area is 156 Å². The average Bonchev–Trinajstić information content (AvgIpc) is 3.16. The smallest absolute Gasteiger partial charge is 0.338 e. The Morgan fingerprint density at radius 2 is 1.70 bits per heavy atom. The summed E-state index contributed by atoms with van der Waals surface area (Å²) in [5.74, 6) is 0.308. The summed E-state index contributed by atoms with van der Waals surface area (Å²) in [6.07, 6.45) is 0.808. The number of carbonyl (C=O) groups excluding carboxylic acids is 2. The van der Waals surface area contributed by atoms with Crippen LogP contribution in [0.25, 0.3) is 22.3 Å². The van der Waals surface area contributed by atoms with Crippen molar-refractivity contribution in [2.24, 2.45) is 0 Å². The molecule has 0 atom stereocenters. The lowest BCUT2D eigenvalue weighted by atomic mass is 10.1. The highest BCUT2D eigenvalue weighted by Gasteiger charge is 2.10. The third kappa shape index (κ3) is 3.65. The Bertz CT molecular complexity index is 1090. The summed E-state index contributed by atoms with van der Waals surface area (Å²) < 4.78 is 11.2. The van der Waals surface area contributed by atoms with E-state index >= 15 is 0 Å². The molecule has 0 unspecified atom stereocenters. The fourth-order valence-corrected chi connectivity index (χ4v) is 2.85. The zero-order chi connectivity index (χ0) is 18.6. The Balaban J connectivity index is 1.50. The van der Waals surface area contributed by atoms with Crippen LogP contribution in [0, 0.1) is 0 Å². The lowest BCUT2D eigenvalue weighted by Crippen LogP contribution is -2.04. The number of hydrogen-bond acceptors (Lipinski definition) is 4. The van der Waals surface area contributed by atoms with Gasteiger partial charge in [-0.3, -0.25) is 4.79 Å². The Kier molecular flexibility index (Phi) is 4.54. The van der Waals surface area contributed by atoms with E-state index in [1.54, 1.807) is 30.3 Å². The van der Waals surface area contributed by atoms with Crippen LogP contribution >= 0.6 is 0 Å². The number of ether oxygens (including phenoxy) is 1. The average molecular weight is 356 g/mol. The molecule has 0 bridgehead atoms. The largest absolute Gasteiger partial charge is 0.457 e. The van der Waals surface area contributed by atoms with Crippen molar-refractivity contribution in [3.8, 4) is 11.3 Å². The van der Waals surface area contributed by atoms with Crippen LogP contribution in [-0.2, 0) is 11.3 Å². The molecule has 0 saturated carbocycles. The quantitative estimate of drug-likeness (QED) is 0.361. The topological polar surface area (TPSA) is 56.5 Å². The van der Waals surface area contributed by atoms with Crippen LogP contribution in [0.5, 0.6) is 0 Å². The highest BCUT2D eigenvalue weighted by Crippen LogP contribution is 2.28. The van der Waals surface area contributed by atoms with E-state index in [-0.39, 0.29) is 12.6 Å². The molecule has 3 aromatic carbocycles. The van der Waals surface area contributed by atoms with E-state index in [4.69, 9.17) is 9.15 Å². The van der Waals surface area contributed by atoms with Crippen molar-refractivity contribution in [3.05, 3.63) is 95.6 Å². The monoisotopic (exact) mass is 356 g/mol. The van der Waals surface area contributed by atoms with Gasteiger partial charge in [-0.05, 0) is 42.0 Å². The van der Waals surface area contributed by atoms with Gasteiger partial charge in [-0.1, -0.05) is 42.5 Å². The minimum Gasteiger partial charge on any atom is -0.457 e. The molecular weight excluding hydrogens is 340 g/mol. The maximum Gasteiger partial charge on any atom is 0.338 e. The predicted octanol–water partition coefficient (Wildman–Crippen LogP) is 5.27. The van der Waals surface area contributed by atoms with Crippen molar-refractivity contribution in [2.45, 2.75) is 6.61 Å². The molecule has 27 heavy (non-hydrogen) atoms. The van der Waals surface area contributed by atoms with Gasteiger partial charge in [-0.15, -0.1) is 0 Å². The van der Waals surface area contributed by atoms with Crippen LogP contribution in [0.3, 0.4) is 0 Å². The van der Waals surface area contributed by atoms with E-state index in [1.807, 2.05) is 48.5 Å². The van der Waals surface area contributed by atoms with Crippen molar-refractivity contribution in [1.82, 2.24) is 0 Å². The van der Waals surface area contributed by atoms with E-state index in [2.05, 4.69) is 0 Å². The molecule has 0 aliphatic rings. The van der Waals surface area contributed by atoms with Gasteiger partial charge < -0.3 is 9.15 Å². The first-order chi connectivity index (χ1) is 13.2. The van der Waals surface area contributed by atoms with Crippen LogP contribution in [0.4, 0.5) is 0 Å². The Morgan fingerprint density at radius 1 is 0.926 bits per heavy atom. The lowest BCUT2D eigenvalue weighted by Gasteiger charge is -2.05. The molecule has 4 rings (SSSR count). The van der Waals surface area contributed by atoms with E-state index < -0.39 is 0 Å². The third-order valence-corrected chi connectivity index (χ3v) is 4.29. The molecule has 4 aromatic rings. The summed E-state index contributed by atoms with van der Waals surface area (Å²) in [7, 11) is 0. The molecule has 0 spiro atoms. The number of rotatable bonds is 5. The number of fused-ring (bicyclic) bond motifs is 1. The first kappa shape index (κ1) is 16.8. The molecule has 0 N–H and O–H groups in total. The molecule has 0 radical (unpaired) electrons. The maximum atomic E-state index is 12.2. The van der Waals surface area contributed by atoms with Crippen LogP contribution in [0.1, 0.15) is 26.3 Å². The summed E-state index contributed by atoms with van der Waals surface area (Å²) >= 11 is 0. The minimum atomic E-state index is -0.370. The van der Waals surface area contributed by atoms with Gasteiger partial charge in [0.25, 0.3) is 0 Å². The second-order valence-corrected chi connectivity index (χ2v) is 6.16. The molecule has 1 aromatic heterocycles. The van der Waals surface area contributed by atoms with E-state index in [9.17, 15) is 9.59 Å². The Hall–Kier alpha value is -3.66. The summed E-state index contributed by atoms with van der Waals surface area (Å²) in [6, 6.07) is 23.8. The molecule has 0 saturated heterocycles. The first-order valence-corrected chi connectivity index (χ1v) is 8.53. The molecule has 0 fully saturated rings. The highest BCUT2D eigenvalue weighted by molar-refractivity contribution is 5.91. The van der Waals surface area contributed by atoms with Gasteiger partial charge >= 0.3 is 5.97 Å². The number of furan rings is 1. The van der Waals surface area contributed by atoms with Crippen LogP contribution in [0.2, 0.25) is 0 Å². The second kappa shape index (κ2) is 7.30. The summed E-state index contributed by atoms with van der Waals surface area (Å²) in [5.41, 5.74) is 3.58. The minimum absolute atomic E-state index is 0.240. The van der Waals surface area contributed by atoms with Crippen molar-refractivity contribution in [1.29, 1.82) is 0 Å². The van der Waals surface area contributed by atoms with Crippen LogP contribution in [-0.4, -0.2) is 12.3 Å². The maximum absolute atomic E-state index is 12.2. The van der Waals surface area contributed by atoms with Gasteiger partial charge in [0.2, 0.25) is 0 Å². The van der Waals surface area contributed by atoms with Crippen LogP contribution in [0.15, 0.2) is 83.3 Å². The molecule has 1 heterocycles. The molecule has 132 valence electrons. The molecule has 0 aliphatic heterocycles. The van der Waals surface area contributed by atoms with Gasteiger partial charge in [-0.2, -0.15) is 0 Å². The number of benzene rings is 3. The standard InChI is InChI=1S/C23H16O4/c24-14-17-6-11-21-20(12-17)13-22(27-21)18-7-9-19(10-8-18)23(25)26-15-16-4-2-1-3-5-16/h1-14H,15H2. The van der Waals surface area contributed by atoms with Crippen molar-refractivity contribution < 1.29 is 18.7 Å². The number of hydrogen-bond donors (Lipinski definition) is 0. The molecular formula is C23H16O4. The summed E-state index contributed by atoms with van der Waals surface area (Å²) in [4.78, 5) is 23.1. The molecule has 0 aliphatic carbocycles. The van der Waals surface area contributed by atoms with Gasteiger partial charge in [-0.25, -0.2) is 4.79 Å². The normalized spacial score (nSPS) is 10.7. The SMILES string of the molecule is O=Cc1ccc2oc(-c3ccc(C(=O)OCc4ccccc4)cc3)cc2c1. The third-order valence-electron chi connectivity index (χ3n) is 4.29. The zero-order valence-corrected chi connectivity index (χ0v) is 14.4. The van der Waals surface area contributed by atoms with Crippen LogP contribution < -0.4 is 0 Å². The molecule has 0 amide bonds.